The first-order chi connectivity index (χ1) is 8.47. The van der Waals surface area contributed by atoms with Crippen LogP contribution in [0.5, 0.6) is 0 Å². The summed E-state index contributed by atoms with van der Waals surface area (Å²) in [6.45, 7) is 5.80. The van der Waals surface area contributed by atoms with Crippen LogP contribution >= 0.6 is 0 Å². The topological polar surface area (TPSA) is 49.5 Å². The number of piperidine rings is 1. The predicted octanol–water partition coefficient (Wildman–Crippen LogP) is 1.74. The second-order valence-electron chi connectivity index (χ2n) is 7.52. The smallest absolute Gasteiger partial charge is 0.0570 e. The van der Waals surface area contributed by atoms with Crippen LogP contribution < -0.4 is 5.73 Å². The summed E-state index contributed by atoms with van der Waals surface area (Å²) in [5.41, 5.74) is 6.75. The van der Waals surface area contributed by atoms with Gasteiger partial charge in [-0.1, -0.05) is 13.8 Å². The maximum atomic E-state index is 9.85. The van der Waals surface area contributed by atoms with E-state index in [-0.39, 0.29) is 6.10 Å². The van der Waals surface area contributed by atoms with Crippen LogP contribution in [-0.4, -0.2) is 40.8 Å². The zero-order valence-corrected chi connectivity index (χ0v) is 11.8. The fraction of sp³-hybridized carbons (Fsp3) is 1.00. The molecule has 104 valence electrons. The van der Waals surface area contributed by atoms with E-state index in [1.54, 1.807) is 0 Å². The van der Waals surface area contributed by atoms with Crippen LogP contribution in [0.2, 0.25) is 0 Å². The summed E-state index contributed by atoms with van der Waals surface area (Å²) in [5, 5.41) is 9.85. The van der Waals surface area contributed by atoms with Crippen molar-refractivity contribution in [1.82, 2.24) is 4.90 Å². The predicted molar refractivity (Wildman–Crippen MR) is 73.2 cm³/mol. The van der Waals surface area contributed by atoms with E-state index in [1.807, 2.05) is 0 Å². The van der Waals surface area contributed by atoms with Gasteiger partial charge in [0.2, 0.25) is 0 Å². The molecule has 0 amide bonds. The highest BCUT2D eigenvalue weighted by atomic mass is 16.3. The lowest BCUT2D eigenvalue weighted by molar-refractivity contribution is 0.0249. The van der Waals surface area contributed by atoms with E-state index in [1.165, 1.54) is 32.2 Å². The van der Waals surface area contributed by atoms with E-state index >= 15 is 0 Å². The molecule has 0 spiro atoms. The zero-order chi connectivity index (χ0) is 12.9. The monoisotopic (exact) mass is 252 g/mol. The Morgan fingerprint density at radius 3 is 2.28 bits per heavy atom. The molecule has 1 saturated carbocycles. The van der Waals surface area contributed by atoms with Gasteiger partial charge in [-0.05, 0) is 49.9 Å². The van der Waals surface area contributed by atoms with E-state index < -0.39 is 0 Å². The standard InChI is InChI=1S/C15H28N2O/c1-15(2)6-5-10(14(15)16)9-17-11-3-4-12(17)8-13(18)7-11/h10-14,18H,3-9,16H2,1-2H3. The maximum Gasteiger partial charge on any atom is 0.0570 e. The van der Waals surface area contributed by atoms with Gasteiger partial charge in [-0.25, -0.2) is 0 Å². The molecule has 0 aromatic heterocycles. The first-order valence-corrected chi connectivity index (χ1v) is 7.67. The molecular formula is C15H28N2O. The van der Waals surface area contributed by atoms with E-state index in [0.717, 1.165) is 12.8 Å². The van der Waals surface area contributed by atoms with E-state index in [2.05, 4.69) is 18.7 Å². The minimum absolute atomic E-state index is 0.0487. The van der Waals surface area contributed by atoms with Crippen molar-refractivity contribution in [2.45, 2.75) is 76.6 Å². The highest BCUT2D eigenvalue weighted by Gasteiger charge is 2.45. The van der Waals surface area contributed by atoms with Gasteiger partial charge in [0, 0.05) is 24.7 Å². The van der Waals surface area contributed by atoms with E-state index in [4.69, 9.17) is 5.73 Å². The number of hydrogen-bond acceptors (Lipinski definition) is 3. The highest BCUT2D eigenvalue weighted by Crippen LogP contribution is 2.43. The zero-order valence-electron chi connectivity index (χ0n) is 11.8. The van der Waals surface area contributed by atoms with Gasteiger partial charge in [0.25, 0.3) is 0 Å². The molecule has 3 rings (SSSR count). The third-order valence-corrected chi connectivity index (χ3v) is 5.87. The van der Waals surface area contributed by atoms with Crippen molar-refractivity contribution in [2.75, 3.05) is 6.54 Å². The van der Waals surface area contributed by atoms with Gasteiger partial charge >= 0.3 is 0 Å². The van der Waals surface area contributed by atoms with Gasteiger partial charge in [0.1, 0.15) is 0 Å². The Hall–Kier alpha value is -0.120. The number of fused-ring (bicyclic) bond motifs is 2. The summed E-state index contributed by atoms with van der Waals surface area (Å²) >= 11 is 0. The van der Waals surface area contributed by atoms with Gasteiger partial charge in [0.15, 0.2) is 0 Å². The average Bonchev–Trinajstić information content (AvgIpc) is 2.68. The molecule has 4 unspecified atom stereocenters. The van der Waals surface area contributed by atoms with Crippen molar-refractivity contribution in [3.63, 3.8) is 0 Å². The lowest BCUT2D eigenvalue weighted by atomic mass is 9.85. The molecule has 0 radical (unpaired) electrons. The molecule has 2 heterocycles. The second-order valence-corrected chi connectivity index (χ2v) is 7.52. The Morgan fingerprint density at radius 1 is 1.17 bits per heavy atom. The normalized spacial score (nSPS) is 47.7. The largest absolute Gasteiger partial charge is 0.393 e. The summed E-state index contributed by atoms with van der Waals surface area (Å²) in [6.07, 6.45) is 7.05. The number of hydrogen-bond donors (Lipinski definition) is 2. The molecule has 2 aliphatic heterocycles. The molecule has 0 aromatic rings. The van der Waals surface area contributed by atoms with E-state index in [0.29, 0.717) is 29.5 Å². The molecule has 2 bridgehead atoms. The highest BCUT2D eigenvalue weighted by molar-refractivity contribution is 5.00. The van der Waals surface area contributed by atoms with Crippen molar-refractivity contribution in [2.24, 2.45) is 17.1 Å². The molecule has 4 atom stereocenters. The molecule has 1 aliphatic carbocycles. The SMILES string of the molecule is CC1(C)CCC(CN2C3CCC2CC(O)C3)C1N. The number of aliphatic hydroxyl groups excluding tert-OH is 1. The van der Waals surface area contributed by atoms with Crippen molar-refractivity contribution in [3.8, 4) is 0 Å². The minimum Gasteiger partial charge on any atom is -0.393 e. The lowest BCUT2D eigenvalue weighted by Gasteiger charge is -2.40. The van der Waals surface area contributed by atoms with E-state index in [9.17, 15) is 5.11 Å². The van der Waals surface area contributed by atoms with Crippen LogP contribution in [0, 0.1) is 11.3 Å². The Morgan fingerprint density at radius 2 is 1.78 bits per heavy atom. The fourth-order valence-electron chi connectivity index (χ4n) is 4.56. The molecule has 3 heteroatoms. The molecule has 3 aliphatic rings. The van der Waals surface area contributed by atoms with Crippen molar-refractivity contribution < 1.29 is 5.11 Å². The van der Waals surface area contributed by atoms with Gasteiger partial charge in [-0.2, -0.15) is 0 Å². The quantitative estimate of drug-likeness (QED) is 0.787. The minimum atomic E-state index is -0.0487. The molecule has 3 fully saturated rings. The maximum absolute atomic E-state index is 9.85. The summed E-state index contributed by atoms with van der Waals surface area (Å²) in [5.74, 6) is 0.665. The number of nitrogens with zero attached hydrogens (tertiary/aromatic N) is 1. The van der Waals surface area contributed by atoms with Gasteiger partial charge in [-0.15, -0.1) is 0 Å². The fourth-order valence-corrected chi connectivity index (χ4v) is 4.56. The summed E-state index contributed by atoms with van der Waals surface area (Å²) in [4.78, 5) is 2.68. The van der Waals surface area contributed by atoms with Crippen LogP contribution in [0.15, 0.2) is 0 Å². The summed E-state index contributed by atoms with van der Waals surface area (Å²) in [7, 11) is 0. The van der Waals surface area contributed by atoms with Crippen molar-refractivity contribution in [1.29, 1.82) is 0 Å². The second kappa shape index (κ2) is 4.46. The first kappa shape index (κ1) is 12.9. The number of rotatable bonds is 2. The van der Waals surface area contributed by atoms with Crippen LogP contribution in [0.25, 0.3) is 0 Å². The molecular weight excluding hydrogens is 224 g/mol. The Bertz CT molecular complexity index is 304. The Balaban J connectivity index is 1.64. The van der Waals surface area contributed by atoms with Gasteiger partial charge < -0.3 is 10.8 Å². The molecule has 18 heavy (non-hydrogen) atoms. The van der Waals surface area contributed by atoms with Gasteiger partial charge in [-0.3, -0.25) is 4.90 Å². The molecule has 2 saturated heterocycles. The average molecular weight is 252 g/mol. The van der Waals surface area contributed by atoms with Crippen LogP contribution in [0.3, 0.4) is 0 Å². The molecule has 3 nitrogen and oxygen atoms in total. The summed E-state index contributed by atoms with van der Waals surface area (Å²) < 4.78 is 0. The van der Waals surface area contributed by atoms with Crippen molar-refractivity contribution in [3.05, 3.63) is 0 Å². The number of nitrogens with two attached hydrogens (primary N) is 1. The third kappa shape index (κ3) is 2.10. The summed E-state index contributed by atoms with van der Waals surface area (Å²) in [6, 6.07) is 1.62. The number of aliphatic hydroxyl groups is 1. The Labute approximate surface area is 111 Å². The first-order valence-electron chi connectivity index (χ1n) is 7.67. The van der Waals surface area contributed by atoms with Crippen LogP contribution in [0.4, 0.5) is 0 Å². The van der Waals surface area contributed by atoms with Gasteiger partial charge in [0.05, 0.1) is 6.10 Å². The van der Waals surface area contributed by atoms with Crippen LogP contribution in [-0.2, 0) is 0 Å². The third-order valence-electron chi connectivity index (χ3n) is 5.87. The molecule has 3 N–H and O–H groups in total. The molecule has 0 aromatic carbocycles. The Kier molecular flexibility index (Phi) is 3.20. The van der Waals surface area contributed by atoms with Crippen molar-refractivity contribution >= 4 is 0 Å². The van der Waals surface area contributed by atoms with Crippen LogP contribution in [0.1, 0.15) is 52.4 Å². The lowest BCUT2D eigenvalue weighted by Crippen LogP contribution is -2.49.